The van der Waals surface area contributed by atoms with Crippen LogP contribution < -0.4 is 0 Å². The Labute approximate surface area is 519 Å². The van der Waals surface area contributed by atoms with Crippen molar-refractivity contribution >= 4 is 62.0 Å². The summed E-state index contributed by atoms with van der Waals surface area (Å²) in [6, 6.07) is 0. The molecule has 4 fully saturated rings. The van der Waals surface area contributed by atoms with Gasteiger partial charge >= 0.3 is 7.60 Å². The van der Waals surface area contributed by atoms with Gasteiger partial charge in [0.05, 0.1) is 50.9 Å². The Morgan fingerprint density at radius 3 is 1.06 bits per heavy atom. The number of likely N-dealkylation sites (N-methyl/N-ethyl adjacent to an activating group) is 1. The predicted octanol–water partition coefficient (Wildman–Crippen LogP) is 11.7. The summed E-state index contributed by atoms with van der Waals surface area (Å²) in [6.07, 6.45) is 3.71. The van der Waals surface area contributed by atoms with E-state index in [1.54, 1.807) is 61.2 Å². The minimum Gasteiger partial charge on any atom is -0.393 e. The molecule has 0 aromatic carbocycles. The first-order valence-electron chi connectivity index (χ1n) is 29.0. The van der Waals surface area contributed by atoms with Gasteiger partial charge in [0, 0.05) is 28.3 Å². The number of aliphatic hydroxyl groups is 3. The maximum absolute atomic E-state index is 11.4. The average Bonchev–Trinajstić information content (AvgIpc) is 4.24. The molecular formula is C61H122NO17P5. The van der Waals surface area contributed by atoms with Gasteiger partial charge in [-0.1, -0.05) is 55.6 Å². The molecule has 498 valence electrons. The summed E-state index contributed by atoms with van der Waals surface area (Å²) in [5, 5.41) is 27.0. The zero-order valence-corrected chi connectivity index (χ0v) is 62.7. The minimum atomic E-state index is -2.79. The monoisotopic (exact) mass is 1300 g/mol. The molecule has 84 heavy (non-hydrogen) atoms. The number of ketones is 2. The van der Waals surface area contributed by atoms with E-state index in [2.05, 4.69) is 92.3 Å². The summed E-state index contributed by atoms with van der Waals surface area (Å²) in [4.78, 5) is 34.3. The number of aliphatic hydroxyl groups excluding tert-OH is 3. The van der Waals surface area contributed by atoms with E-state index in [-0.39, 0.29) is 54.2 Å². The quantitative estimate of drug-likeness (QED) is 0.0909. The van der Waals surface area contributed by atoms with Gasteiger partial charge in [0.25, 0.3) is 5.91 Å². The van der Waals surface area contributed by atoms with Crippen LogP contribution in [-0.4, -0.2) is 189 Å². The Bertz CT molecular complexity index is 2010. The second kappa shape index (κ2) is 44.6. The lowest BCUT2D eigenvalue weighted by Gasteiger charge is -2.18. The van der Waals surface area contributed by atoms with Crippen LogP contribution >= 0.6 is 44.6 Å². The van der Waals surface area contributed by atoms with Crippen molar-refractivity contribution in [2.45, 2.75) is 238 Å². The van der Waals surface area contributed by atoms with Gasteiger partial charge in [-0.15, -0.1) is 37.0 Å². The van der Waals surface area contributed by atoms with Gasteiger partial charge in [-0.3, -0.25) is 18.9 Å². The Balaban J connectivity index is -0.000000437. The number of hydrogen-bond acceptors (Lipinski definition) is 17. The third-order valence-corrected chi connectivity index (χ3v) is 19.4. The largest absolute Gasteiger partial charge is 0.393 e. The van der Waals surface area contributed by atoms with Crippen LogP contribution in [-0.2, 0) is 65.9 Å². The van der Waals surface area contributed by atoms with Crippen molar-refractivity contribution in [3.63, 3.8) is 0 Å². The van der Waals surface area contributed by atoms with Gasteiger partial charge in [0.2, 0.25) is 0 Å². The van der Waals surface area contributed by atoms with Crippen molar-refractivity contribution < 1.29 is 81.2 Å². The minimum absolute atomic E-state index is 0.0329. The summed E-state index contributed by atoms with van der Waals surface area (Å²) >= 11 is 0. The highest BCUT2D eigenvalue weighted by Crippen LogP contribution is 2.51. The zero-order chi connectivity index (χ0) is 66.9. The molecule has 3 N–H and O–H groups in total. The van der Waals surface area contributed by atoms with Gasteiger partial charge in [-0.25, -0.2) is 0 Å². The molecule has 4 saturated heterocycles. The molecule has 1 amide bonds. The zero-order valence-electron chi connectivity index (χ0n) is 57.2. The first kappa shape index (κ1) is 89.6. The molecule has 12 atom stereocenters. The topological polar surface area (TPSA) is 225 Å². The maximum atomic E-state index is 11.4. The standard InChI is InChI=1S/C10H19O2P.C9H18.C8H15NO3.C8H17OP.2C7H12O3.C7H15O2P.C5H14O3P2/c1-7(6-13)8(2)9-5-11-10(3,4)12-9;1-6-8(4)9(5)7(2)3;1-8(2)11-5-6(12-8)7(10)9(3)4;1-4-8(9)7(3)6(2)5-10;2*1-5(8)6-4-9-7(2,3)10-6;1-5(4-10)6(2)7(9)3-8;1-5(4-9)10(6,7-2)8-3/h9H,5-6,13H2,1-4H3;8H,6H2,1-5H3;6H,5H2,1-4H3;8-9H,4-5,10H2,1-3H3;2*6H,4H2,1-3H3;7-9H,3-4,10H2,1-2H3;5H,4,9H2,1-3H3/b8-7-;;;7-6-;;;6-5-;/t9-;8-;6-;8-;2*6-;7-;/m1111111./s1. The van der Waals surface area contributed by atoms with Crippen LogP contribution in [0.5, 0.6) is 0 Å². The van der Waals surface area contributed by atoms with Gasteiger partial charge in [0.1, 0.15) is 18.3 Å². The van der Waals surface area contributed by atoms with Crippen LogP contribution in [0.4, 0.5) is 0 Å². The van der Waals surface area contributed by atoms with E-state index >= 15 is 0 Å². The molecule has 0 bridgehead atoms. The van der Waals surface area contributed by atoms with Crippen molar-refractivity contribution in [1.82, 2.24) is 4.90 Å². The van der Waals surface area contributed by atoms with E-state index in [0.29, 0.717) is 26.4 Å². The number of hydrogen-bond donors (Lipinski definition) is 3. The fourth-order valence-electron chi connectivity index (χ4n) is 6.90. The molecule has 4 aliphatic heterocycles. The Morgan fingerprint density at radius 1 is 0.548 bits per heavy atom. The van der Waals surface area contributed by atoms with Gasteiger partial charge in [0.15, 0.2) is 40.8 Å². The maximum Gasteiger partial charge on any atom is 0.333 e. The molecule has 4 rings (SSSR count). The molecule has 18 nitrogen and oxygen atoms in total. The van der Waals surface area contributed by atoms with Crippen LogP contribution in [0.3, 0.4) is 0 Å². The van der Waals surface area contributed by atoms with E-state index in [0.717, 1.165) is 53.7 Å². The van der Waals surface area contributed by atoms with E-state index in [1.165, 1.54) is 61.7 Å². The molecule has 4 heterocycles. The lowest BCUT2D eigenvalue weighted by atomic mass is 9.97. The van der Waals surface area contributed by atoms with E-state index in [9.17, 15) is 24.1 Å². The highest BCUT2D eigenvalue weighted by Gasteiger charge is 2.38. The second-order valence-corrected chi connectivity index (χ2v) is 27.7. The lowest BCUT2D eigenvalue weighted by molar-refractivity contribution is -0.158. The van der Waals surface area contributed by atoms with Gasteiger partial charge in [-0.2, -0.15) is 0 Å². The molecule has 0 spiro atoms. The number of carbonyl (C=O) groups is 3. The third-order valence-electron chi connectivity index (χ3n) is 14.2. The number of rotatable bonds is 17. The summed E-state index contributed by atoms with van der Waals surface area (Å²) in [5.74, 6) is -1.37. The van der Waals surface area contributed by atoms with E-state index in [1.807, 2.05) is 48.5 Å². The highest BCUT2D eigenvalue weighted by molar-refractivity contribution is 7.55. The number of allylic oxidation sites excluding steroid dienone is 5. The van der Waals surface area contributed by atoms with E-state index in [4.69, 9.17) is 57.2 Å². The summed E-state index contributed by atoms with van der Waals surface area (Å²) in [6.45, 7) is 46.4. The van der Waals surface area contributed by atoms with Crippen molar-refractivity contribution in [2.75, 3.05) is 86.0 Å². The van der Waals surface area contributed by atoms with Crippen molar-refractivity contribution in [3.8, 4) is 0 Å². The van der Waals surface area contributed by atoms with Crippen molar-refractivity contribution in [2.24, 2.45) is 5.92 Å². The highest BCUT2D eigenvalue weighted by atomic mass is 31.2. The summed E-state index contributed by atoms with van der Waals surface area (Å²) < 4.78 is 63.6. The summed E-state index contributed by atoms with van der Waals surface area (Å²) in [5.41, 5.74) is 10.0. The Hall–Kier alpha value is -0.800. The second-order valence-electron chi connectivity index (χ2n) is 23.3. The van der Waals surface area contributed by atoms with Crippen LogP contribution in [0.15, 0.2) is 44.6 Å². The molecule has 0 saturated carbocycles. The number of Topliss-reactive ketones (excluding diaryl/α,β-unsaturated/α-hetero) is 2. The fourth-order valence-corrected chi connectivity index (χ4v) is 9.77. The molecule has 0 aromatic rings. The number of amides is 1. The Morgan fingerprint density at radius 2 is 0.869 bits per heavy atom. The molecule has 0 aromatic heterocycles. The number of ether oxygens (including phenoxy) is 8. The average molecular weight is 1300 g/mol. The van der Waals surface area contributed by atoms with Gasteiger partial charge < -0.3 is 67.2 Å². The normalized spacial score (nSPS) is 22.7. The van der Waals surface area contributed by atoms with Crippen molar-refractivity contribution in [1.29, 1.82) is 0 Å². The third kappa shape index (κ3) is 38.0. The van der Waals surface area contributed by atoms with Crippen LogP contribution in [0.25, 0.3) is 0 Å². The first-order chi connectivity index (χ1) is 38.4. The van der Waals surface area contributed by atoms with Crippen LogP contribution in [0, 0.1) is 5.92 Å². The molecule has 0 aliphatic carbocycles. The van der Waals surface area contributed by atoms with Crippen LogP contribution in [0.1, 0.15) is 172 Å². The molecule has 4 aliphatic rings. The summed E-state index contributed by atoms with van der Waals surface area (Å²) in [7, 11) is 13.9. The SMILES string of the molecule is C/C(CP)=C(\C)[C@H](O)CO.C/C(CP)=C(\C)[C@H]1COC(C)(C)O1.CC(=O)[C@H]1COC(C)(C)O1.CC(=O)[C@H]1COC(C)(C)O1.CC[C@@H](C)C(C)=C(C)C.CC[C@@H](O)/C(C)=C(/C)CP.CN(C)C(=O)[C@H]1COC(C)(C)O1.COP(=O)(OC)C(C)CP. The van der Waals surface area contributed by atoms with Gasteiger partial charge in [-0.05, 0) is 192 Å². The fraction of sp³-hybridized carbons (Fsp3) is 0.820. The molecule has 0 radical (unpaired) electrons. The predicted molar refractivity (Wildman–Crippen MR) is 357 cm³/mol. The number of nitrogens with zero attached hydrogens (tertiary/aromatic N) is 1. The molecule has 23 heteroatoms. The first-order valence-corrected chi connectivity index (χ1v) is 33.8. The molecule has 5 unspecified atom stereocenters. The van der Waals surface area contributed by atoms with E-state index < -0.39 is 43.0 Å². The Kier molecular flexibility index (Phi) is 47.6. The lowest BCUT2D eigenvalue weighted by Crippen LogP contribution is -2.36. The number of carbonyl (C=O) groups excluding carboxylic acids is 3. The van der Waals surface area contributed by atoms with Crippen LogP contribution in [0.2, 0.25) is 0 Å². The molecular weight excluding hydrogens is 1170 g/mol. The van der Waals surface area contributed by atoms with Crippen molar-refractivity contribution in [3.05, 3.63) is 44.6 Å². The smallest absolute Gasteiger partial charge is 0.333 e.